The second-order valence-corrected chi connectivity index (χ2v) is 6.02. The summed E-state index contributed by atoms with van der Waals surface area (Å²) in [5, 5.41) is 0. The zero-order valence-electron chi connectivity index (χ0n) is 15.4. The van der Waals surface area contributed by atoms with Gasteiger partial charge in [-0.15, -0.1) is 0 Å². The number of carbonyl (C=O) groups excluding carboxylic acids is 1. The Morgan fingerprint density at radius 3 is 1.83 bits per heavy atom. The molecule has 0 atom stereocenters. The van der Waals surface area contributed by atoms with E-state index in [0.717, 1.165) is 25.9 Å². The van der Waals surface area contributed by atoms with Gasteiger partial charge < -0.3 is 14.2 Å². The topological polar surface area (TPSA) is 44.8 Å². The summed E-state index contributed by atoms with van der Waals surface area (Å²) in [6.07, 6.45) is 12.6. The molecule has 4 heteroatoms. The summed E-state index contributed by atoms with van der Waals surface area (Å²) in [4.78, 5) is 11.5. The van der Waals surface area contributed by atoms with Crippen LogP contribution >= 0.6 is 0 Å². The monoisotopic (exact) mass is 330 g/mol. The Morgan fingerprint density at radius 1 is 0.609 bits per heavy atom. The summed E-state index contributed by atoms with van der Waals surface area (Å²) in [6, 6.07) is 0. The van der Waals surface area contributed by atoms with Crippen molar-refractivity contribution in [2.45, 2.75) is 84.5 Å². The lowest BCUT2D eigenvalue weighted by molar-refractivity contribution is -0.145. The van der Waals surface area contributed by atoms with Gasteiger partial charge in [-0.25, -0.2) is 0 Å². The molecule has 0 aliphatic rings. The summed E-state index contributed by atoms with van der Waals surface area (Å²) in [7, 11) is 0. The molecule has 4 nitrogen and oxygen atoms in total. The maximum Gasteiger partial charge on any atom is 0.305 e. The number of carbonyl (C=O) groups is 1. The highest BCUT2D eigenvalue weighted by atomic mass is 16.6. The molecule has 0 aliphatic carbocycles. The molecule has 0 aliphatic heterocycles. The molecule has 0 heterocycles. The Labute approximate surface area is 143 Å². The Balaban J connectivity index is 3.11. The van der Waals surface area contributed by atoms with E-state index in [1.54, 1.807) is 0 Å². The van der Waals surface area contributed by atoms with Gasteiger partial charge in [0, 0.05) is 13.0 Å². The maximum atomic E-state index is 11.5. The average Bonchev–Trinajstić information content (AvgIpc) is 2.56. The molecule has 0 saturated heterocycles. The number of unbranched alkanes of at least 4 members (excludes halogenated alkanes) is 8. The molecule has 0 aromatic heterocycles. The van der Waals surface area contributed by atoms with Gasteiger partial charge >= 0.3 is 5.97 Å². The van der Waals surface area contributed by atoms with Crippen LogP contribution < -0.4 is 0 Å². The van der Waals surface area contributed by atoms with Crippen molar-refractivity contribution in [3.63, 3.8) is 0 Å². The van der Waals surface area contributed by atoms with Crippen molar-refractivity contribution in [1.82, 2.24) is 0 Å². The van der Waals surface area contributed by atoms with Crippen LogP contribution in [0.2, 0.25) is 0 Å². The molecular formula is C19H38O4. The van der Waals surface area contributed by atoms with Gasteiger partial charge in [0.2, 0.25) is 0 Å². The van der Waals surface area contributed by atoms with Crippen LogP contribution in [0.1, 0.15) is 84.5 Å². The van der Waals surface area contributed by atoms with Gasteiger partial charge in [0.15, 0.2) is 0 Å². The van der Waals surface area contributed by atoms with Gasteiger partial charge in [-0.3, -0.25) is 4.79 Å². The summed E-state index contributed by atoms with van der Waals surface area (Å²) < 4.78 is 16.0. The van der Waals surface area contributed by atoms with E-state index in [1.807, 2.05) is 0 Å². The predicted molar refractivity (Wildman–Crippen MR) is 94.7 cm³/mol. The molecule has 0 saturated carbocycles. The predicted octanol–water partition coefficient (Wildman–Crippen LogP) is 4.89. The first-order valence-corrected chi connectivity index (χ1v) is 9.62. The van der Waals surface area contributed by atoms with Crippen molar-refractivity contribution < 1.29 is 19.0 Å². The fourth-order valence-electron chi connectivity index (χ4n) is 2.29. The van der Waals surface area contributed by atoms with E-state index in [1.165, 1.54) is 44.9 Å². The molecule has 138 valence electrons. The van der Waals surface area contributed by atoms with Crippen molar-refractivity contribution >= 4 is 5.97 Å². The molecule has 0 amide bonds. The molecule has 0 rings (SSSR count). The molecule has 23 heavy (non-hydrogen) atoms. The van der Waals surface area contributed by atoms with E-state index in [4.69, 9.17) is 14.2 Å². The van der Waals surface area contributed by atoms with Gasteiger partial charge in [0.05, 0.1) is 19.8 Å². The van der Waals surface area contributed by atoms with Gasteiger partial charge in [-0.2, -0.15) is 0 Å². The molecular weight excluding hydrogens is 292 g/mol. The number of ether oxygens (including phenoxy) is 3. The fourth-order valence-corrected chi connectivity index (χ4v) is 2.29. The second kappa shape index (κ2) is 19.4. The summed E-state index contributed by atoms with van der Waals surface area (Å²) in [5.74, 6) is -0.101. The molecule has 0 N–H and O–H groups in total. The van der Waals surface area contributed by atoms with E-state index in [-0.39, 0.29) is 5.97 Å². The summed E-state index contributed by atoms with van der Waals surface area (Å²) >= 11 is 0. The number of hydrogen-bond donors (Lipinski definition) is 0. The quantitative estimate of drug-likeness (QED) is 0.265. The minimum absolute atomic E-state index is 0.101. The number of hydrogen-bond acceptors (Lipinski definition) is 4. The zero-order chi connectivity index (χ0) is 17.0. The molecule has 0 aromatic carbocycles. The Bertz CT molecular complexity index is 244. The first kappa shape index (κ1) is 22.4. The standard InChI is InChI=1S/C19H38O4/c1-3-5-7-9-10-11-13-19(20)23-18-17-22-16-15-21-14-12-8-6-4-2/h3-18H2,1-2H3. The van der Waals surface area contributed by atoms with Crippen molar-refractivity contribution in [2.75, 3.05) is 33.0 Å². The Kier molecular flexibility index (Phi) is 18.9. The van der Waals surface area contributed by atoms with E-state index in [0.29, 0.717) is 32.8 Å². The minimum Gasteiger partial charge on any atom is -0.463 e. The van der Waals surface area contributed by atoms with Crippen LogP contribution in [0.25, 0.3) is 0 Å². The third kappa shape index (κ3) is 19.3. The van der Waals surface area contributed by atoms with E-state index in [9.17, 15) is 4.79 Å². The Morgan fingerprint density at radius 2 is 1.13 bits per heavy atom. The van der Waals surface area contributed by atoms with Gasteiger partial charge in [0.1, 0.15) is 6.61 Å². The van der Waals surface area contributed by atoms with Gasteiger partial charge in [-0.05, 0) is 12.8 Å². The second-order valence-electron chi connectivity index (χ2n) is 6.02. The molecule has 0 unspecified atom stereocenters. The van der Waals surface area contributed by atoms with Crippen molar-refractivity contribution in [2.24, 2.45) is 0 Å². The minimum atomic E-state index is -0.101. The molecule has 0 fully saturated rings. The lowest BCUT2D eigenvalue weighted by atomic mass is 10.1. The first-order valence-electron chi connectivity index (χ1n) is 9.62. The third-order valence-electron chi connectivity index (χ3n) is 3.74. The van der Waals surface area contributed by atoms with Gasteiger partial charge in [-0.1, -0.05) is 65.2 Å². The molecule has 0 bridgehead atoms. The number of rotatable bonds is 18. The van der Waals surface area contributed by atoms with Crippen LogP contribution in [0.15, 0.2) is 0 Å². The summed E-state index contributed by atoms with van der Waals surface area (Å²) in [6.45, 7) is 7.23. The molecule has 0 spiro atoms. The molecule has 0 aromatic rings. The van der Waals surface area contributed by atoms with Crippen molar-refractivity contribution in [3.05, 3.63) is 0 Å². The van der Waals surface area contributed by atoms with Gasteiger partial charge in [0.25, 0.3) is 0 Å². The first-order chi connectivity index (χ1) is 11.3. The van der Waals surface area contributed by atoms with Crippen LogP contribution in [-0.4, -0.2) is 39.0 Å². The largest absolute Gasteiger partial charge is 0.463 e. The van der Waals surface area contributed by atoms with Crippen LogP contribution in [0.5, 0.6) is 0 Å². The smallest absolute Gasteiger partial charge is 0.305 e. The highest BCUT2D eigenvalue weighted by molar-refractivity contribution is 5.69. The zero-order valence-corrected chi connectivity index (χ0v) is 15.4. The maximum absolute atomic E-state index is 11.5. The third-order valence-corrected chi connectivity index (χ3v) is 3.74. The van der Waals surface area contributed by atoms with E-state index >= 15 is 0 Å². The fraction of sp³-hybridized carbons (Fsp3) is 0.947. The number of esters is 1. The Hall–Kier alpha value is -0.610. The molecule has 0 radical (unpaired) electrons. The van der Waals surface area contributed by atoms with Crippen molar-refractivity contribution in [3.8, 4) is 0 Å². The lowest BCUT2D eigenvalue weighted by Crippen LogP contribution is -2.13. The lowest BCUT2D eigenvalue weighted by Gasteiger charge is -2.07. The van der Waals surface area contributed by atoms with E-state index in [2.05, 4.69) is 13.8 Å². The van der Waals surface area contributed by atoms with Crippen molar-refractivity contribution in [1.29, 1.82) is 0 Å². The highest BCUT2D eigenvalue weighted by Gasteiger charge is 2.02. The highest BCUT2D eigenvalue weighted by Crippen LogP contribution is 2.07. The SMILES string of the molecule is CCCCCCCCC(=O)OCCOCCOCCCCCC. The van der Waals surface area contributed by atoms with Crippen LogP contribution in [0, 0.1) is 0 Å². The normalized spacial score (nSPS) is 10.9. The van der Waals surface area contributed by atoms with E-state index < -0.39 is 0 Å². The average molecular weight is 331 g/mol. The summed E-state index contributed by atoms with van der Waals surface area (Å²) in [5.41, 5.74) is 0. The van der Waals surface area contributed by atoms with Crippen LogP contribution in [0.4, 0.5) is 0 Å². The van der Waals surface area contributed by atoms with Crippen LogP contribution in [-0.2, 0) is 19.0 Å². The van der Waals surface area contributed by atoms with Crippen LogP contribution in [0.3, 0.4) is 0 Å².